The molecule has 18 heavy (non-hydrogen) atoms. The van der Waals surface area contributed by atoms with Crippen molar-refractivity contribution in [1.29, 1.82) is 0 Å². The Kier molecular flexibility index (Phi) is 3.95. The lowest BCUT2D eigenvalue weighted by Gasteiger charge is -2.32. The summed E-state index contributed by atoms with van der Waals surface area (Å²) in [6, 6.07) is 7.43. The Morgan fingerprint density at radius 3 is 2.89 bits per heavy atom. The number of rotatable bonds is 5. The third kappa shape index (κ3) is 2.39. The highest BCUT2D eigenvalue weighted by Gasteiger charge is 2.32. The second-order valence-electron chi connectivity index (χ2n) is 4.59. The third-order valence-corrected chi connectivity index (χ3v) is 3.63. The van der Waals surface area contributed by atoms with E-state index >= 15 is 0 Å². The molecule has 2 aromatic rings. The van der Waals surface area contributed by atoms with E-state index in [4.69, 9.17) is 16.0 Å². The highest BCUT2D eigenvalue weighted by Crippen LogP contribution is 2.28. The maximum atomic E-state index is 10.7. The topological polar surface area (TPSA) is 45.4 Å². The van der Waals surface area contributed by atoms with E-state index in [0.717, 1.165) is 23.1 Å². The highest BCUT2D eigenvalue weighted by atomic mass is 35.5. The van der Waals surface area contributed by atoms with Gasteiger partial charge in [0.25, 0.3) is 0 Å². The van der Waals surface area contributed by atoms with E-state index in [0.29, 0.717) is 5.88 Å². The Balaban J connectivity index is 2.37. The van der Waals surface area contributed by atoms with Gasteiger partial charge in [-0.3, -0.25) is 0 Å². The first-order chi connectivity index (χ1) is 8.59. The molecule has 1 aromatic heterocycles. The lowest BCUT2D eigenvalue weighted by atomic mass is 9.88. The van der Waals surface area contributed by atoms with Crippen molar-refractivity contribution in [3.8, 4) is 0 Å². The van der Waals surface area contributed by atoms with Crippen molar-refractivity contribution >= 4 is 22.6 Å². The molecule has 98 valence electrons. The fourth-order valence-electron chi connectivity index (χ4n) is 2.12. The minimum Gasteiger partial charge on any atom is -0.464 e. The van der Waals surface area contributed by atoms with Gasteiger partial charge in [0.2, 0.25) is 0 Å². The number of nitrogens with one attached hydrogen (secondary N) is 1. The molecule has 0 amide bonds. The summed E-state index contributed by atoms with van der Waals surface area (Å²) in [4.78, 5) is 0. The first-order valence-electron chi connectivity index (χ1n) is 6.09. The summed E-state index contributed by atoms with van der Waals surface area (Å²) in [5, 5.41) is 14.9. The molecule has 4 heteroatoms. The zero-order valence-electron chi connectivity index (χ0n) is 10.6. The zero-order valence-corrected chi connectivity index (χ0v) is 11.4. The van der Waals surface area contributed by atoms with Crippen molar-refractivity contribution in [2.45, 2.75) is 25.5 Å². The number of likely N-dealkylation sites (N-methyl/N-ethyl adjacent to an activating group) is 1. The summed E-state index contributed by atoms with van der Waals surface area (Å²) in [5.74, 6) is 0.344. The van der Waals surface area contributed by atoms with Gasteiger partial charge in [0.05, 0.1) is 12.3 Å². The van der Waals surface area contributed by atoms with Gasteiger partial charge in [-0.1, -0.05) is 19.1 Å². The summed E-state index contributed by atoms with van der Waals surface area (Å²) in [6.07, 6.45) is 1.65. The van der Waals surface area contributed by atoms with Crippen molar-refractivity contribution in [3.05, 3.63) is 36.1 Å². The number of hydrogen-bond donors (Lipinski definition) is 2. The Morgan fingerprint density at radius 2 is 2.22 bits per heavy atom. The molecule has 1 aromatic carbocycles. The molecule has 0 saturated heterocycles. The van der Waals surface area contributed by atoms with Gasteiger partial charge in [-0.25, -0.2) is 0 Å². The highest BCUT2D eigenvalue weighted by molar-refractivity contribution is 6.18. The second-order valence-corrected chi connectivity index (χ2v) is 4.89. The monoisotopic (exact) mass is 267 g/mol. The molecule has 0 spiro atoms. The molecule has 0 aliphatic carbocycles. The van der Waals surface area contributed by atoms with Crippen LogP contribution in [0.2, 0.25) is 0 Å². The molecule has 2 unspecified atom stereocenters. The average molecular weight is 268 g/mol. The number of aliphatic hydroxyl groups is 1. The molecule has 0 saturated carbocycles. The minimum atomic E-state index is -1.03. The van der Waals surface area contributed by atoms with E-state index in [2.05, 4.69) is 5.32 Å². The largest absolute Gasteiger partial charge is 0.464 e. The van der Waals surface area contributed by atoms with Gasteiger partial charge < -0.3 is 14.8 Å². The first-order valence-corrected chi connectivity index (χ1v) is 6.62. The van der Waals surface area contributed by atoms with Gasteiger partial charge in [-0.15, -0.1) is 11.6 Å². The molecule has 2 atom stereocenters. The fraction of sp³-hybridized carbons (Fsp3) is 0.429. The van der Waals surface area contributed by atoms with Gasteiger partial charge >= 0.3 is 0 Å². The van der Waals surface area contributed by atoms with Gasteiger partial charge in [0, 0.05) is 11.3 Å². The Bertz CT molecular complexity index is 521. The summed E-state index contributed by atoms with van der Waals surface area (Å²) in [6.45, 7) is 4.52. The number of benzene rings is 1. The molecule has 0 aliphatic rings. The smallest absolute Gasteiger partial charge is 0.134 e. The molecule has 1 heterocycles. The predicted molar refractivity (Wildman–Crippen MR) is 74.0 cm³/mol. The van der Waals surface area contributed by atoms with Crippen molar-refractivity contribution in [3.63, 3.8) is 0 Å². The normalized spacial score (nSPS) is 16.7. The van der Waals surface area contributed by atoms with E-state index in [1.807, 2.05) is 31.2 Å². The second kappa shape index (κ2) is 5.31. The van der Waals surface area contributed by atoms with Crippen LogP contribution in [0.5, 0.6) is 0 Å². The van der Waals surface area contributed by atoms with Crippen molar-refractivity contribution < 1.29 is 9.52 Å². The lowest BCUT2D eigenvalue weighted by molar-refractivity contribution is 0.0234. The van der Waals surface area contributed by atoms with Crippen molar-refractivity contribution in [2.24, 2.45) is 0 Å². The molecule has 0 bridgehead atoms. The number of alkyl halides is 1. The molecular weight excluding hydrogens is 250 g/mol. The van der Waals surface area contributed by atoms with Crippen LogP contribution in [0.25, 0.3) is 11.0 Å². The van der Waals surface area contributed by atoms with E-state index in [9.17, 15) is 5.11 Å². The van der Waals surface area contributed by atoms with Crippen LogP contribution >= 0.6 is 11.6 Å². The Labute approximate surface area is 112 Å². The molecular formula is C14H18ClNO2. The average Bonchev–Trinajstić information content (AvgIpc) is 2.82. The maximum absolute atomic E-state index is 10.7. The summed E-state index contributed by atoms with van der Waals surface area (Å²) >= 11 is 5.93. The third-order valence-electron chi connectivity index (χ3n) is 3.32. The van der Waals surface area contributed by atoms with Crippen LogP contribution in [0.1, 0.15) is 19.4 Å². The molecule has 0 fully saturated rings. The summed E-state index contributed by atoms with van der Waals surface area (Å²) in [7, 11) is 0. The van der Waals surface area contributed by atoms with E-state index in [1.165, 1.54) is 0 Å². The van der Waals surface area contributed by atoms with Gasteiger partial charge in [-0.2, -0.15) is 0 Å². The Hall–Kier alpha value is -1.03. The fourth-order valence-corrected chi connectivity index (χ4v) is 2.53. The lowest BCUT2D eigenvalue weighted by Crippen LogP contribution is -2.48. The van der Waals surface area contributed by atoms with E-state index in [-0.39, 0.29) is 6.04 Å². The quantitative estimate of drug-likeness (QED) is 0.819. The van der Waals surface area contributed by atoms with Crippen LogP contribution in [0.4, 0.5) is 0 Å². The molecule has 0 aliphatic heterocycles. The number of fused-ring (bicyclic) bond motifs is 1. The Morgan fingerprint density at radius 1 is 1.44 bits per heavy atom. The summed E-state index contributed by atoms with van der Waals surface area (Å²) in [5.41, 5.74) is 0.549. The van der Waals surface area contributed by atoms with Crippen LogP contribution in [-0.4, -0.2) is 23.6 Å². The van der Waals surface area contributed by atoms with Gasteiger partial charge in [0.15, 0.2) is 0 Å². The van der Waals surface area contributed by atoms with E-state index in [1.54, 1.807) is 13.2 Å². The number of halogens is 1. The standard InChI is InChI=1S/C14H18ClNO2/c1-3-16-13(9-15)14(2,17)11-5-4-10-6-7-18-12(10)8-11/h4-8,13,16-17H,3,9H2,1-2H3. The van der Waals surface area contributed by atoms with Gasteiger partial charge in [-0.05, 0) is 31.2 Å². The van der Waals surface area contributed by atoms with Crippen LogP contribution in [0, 0.1) is 0 Å². The van der Waals surface area contributed by atoms with Crippen molar-refractivity contribution in [2.75, 3.05) is 12.4 Å². The predicted octanol–water partition coefficient (Wildman–Crippen LogP) is 2.86. The van der Waals surface area contributed by atoms with E-state index < -0.39 is 5.60 Å². The zero-order chi connectivity index (χ0) is 13.2. The SMILES string of the molecule is CCNC(CCl)C(C)(O)c1ccc2ccoc2c1. The van der Waals surface area contributed by atoms with Crippen LogP contribution in [0.15, 0.2) is 34.9 Å². The van der Waals surface area contributed by atoms with Crippen molar-refractivity contribution in [1.82, 2.24) is 5.32 Å². The number of hydrogen-bond acceptors (Lipinski definition) is 3. The number of furan rings is 1. The van der Waals surface area contributed by atoms with Crippen LogP contribution in [0.3, 0.4) is 0 Å². The minimum absolute atomic E-state index is 0.198. The maximum Gasteiger partial charge on any atom is 0.134 e. The molecule has 3 nitrogen and oxygen atoms in total. The van der Waals surface area contributed by atoms with Gasteiger partial charge in [0.1, 0.15) is 11.2 Å². The van der Waals surface area contributed by atoms with Crippen LogP contribution < -0.4 is 5.32 Å². The molecule has 2 rings (SSSR count). The first kappa shape index (κ1) is 13.4. The molecule has 2 N–H and O–H groups in total. The van der Waals surface area contributed by atoms with Crippen LogP contribution in [-0.2, 0) is 5.60 Å². The summed E-state index contributed by atoms with van der Waals surface area (Å²) < 4.78 is 5.36. The molecule has 0 radical (unpaired) electrons.